The first-order chi connectivity index (χ1) is 6.66. The number of hydrogen-bond acceptors (Lipinski definition) is 2. The number of rotatable bonds is 1. The smallest absolute Gasteiger partial charge is 0.159 e. The molecule has 0 radical (unpaired) electrons. The second-order valence-electron chi connectivity index (χ2n) is 3.25. The zero-order valence-electron chi connectivity index (χ0n) is 7.71. The molecule has 0 atom stereocenters. The van der Waals surface area contributed by atoms with Gasteiger partial charge in [0.2, 0.25) is 0 Å². The van der Waals surface area contributed by atoms with Crippen LogP contribution in [0.4, 0.5) is 0 Å². The summed E-state index contributed by atoms with van der Waals surface area (Å²) in [6.45, 7) is 1.55. The highest BCUT2D eigenvalue weighted by molar-refractivity contribution is 9.10. The molecule has 0 fully saturated rings. The number of Topliss-reactive ketones (excluding diaryl/α,β-unsaturated/α-hetero) is 1. The number of carbonyl (C=O) groups is 1. The van der Waals surface area contributed by atoms with Gasteiger partial charge in [0, 0.05) is 22.0 Å². The Morgan fingerprint density at radius 1 is 1.50 bits per heavy atom. The summed E-state index contributed by atoms with van der Waals surface area (Å²) >= 11 is 3.39. The third kappa shape index (κ3) is 1.73. The van der Waals surface area contributed by atoms with Crippen LogP contribution in [0.5, 0.6) is 5.75 Å². The van der Waals surface area contributed by atoms with Crippen molar-refractivity contribution >= 4 is 21.7 Å². The fourth-order valence-corrected chi connectivity index (χ4v) is 1.80. The Morgan fingerprint density at radius 2 is 2.29 bits per heavy atom. The largest absolute Gasteiger partial charge is 0.464 e. The monoisotopic (exact) mass is 252 g/mol. The van der Waals surface area contributed by atoms with E-state index < -0.39 is 0 Å². The number of carbonyl (C=O) groups excluding carboxylic acids is 1. The molecule has 0 aromatic heterocycles. The molecular weight excluding hydrogens is 244 g/mol. The van der Waals surface area contributed by atoms with Gasteiger partial charge in [-0.25, -0.2) is 0 Å². The highest BCUT2D eigenvalue weighted by atomic mass is 79.9. The number of fused-ring (bicyclic) bond motifs is 1. The molecule has 1 aromatic rings. The van der Waals surface area contributed by atoms with Gasteiger partial charge in [-0.1, -0.05) is 15.9 Å². The van der Waals surface area contributed by atoms with Crippen LogP contribution in [-0.2, 0) is 11.2 Å². The maximum Gasteiger partial charge on any atom is 0.159 e. The molecule has 1 aliphatic rings. The van der Waals surface area contributed by atoms with E-state index in [1.165, 1.54) is 0 Å². The Balaban J connectivity index is 2.35. The summed E-state index contributed by atoms with van der Waals surface area (Å²) < 4.78 is 6.35. The maximum absolute atomic E-state index is 11.1. The zero-order valence-corrected chi connectivity index (χ0v) is 9.30. The van der Waals surface area contributed by atoms with Crippen LogP contribution >= 0.6 is 15.9 Å². The first-order valence-electron chi connectivity index (χ1n) is 4.32. The number of halogens is 1. The van der Waals surface area contributed by atoms with E-state index in [4.69, 9.17) is 4.74 Å². The summed E-state index contributed by atoms with van der Waals surface area (Å²) in [5.74, 6) is 0.897. The molecule has 72 valence electrons. The van der Waals surface area contributed by atoms with E-state index in [1.54, 1.807) is 13.2 Å². The molecule has 0 saturated carbocycles. The van der Waals surface area contributed by atoms with E-state index in [0.29, 0.717) is 6.42 Å². The van der Waals surface area contributed by atoms with Crippen LogP contribution in [0.25, 0.3) is 0 Å². The van der Waals surface area contributed by atoms with Crippen LogP contribution < -0.4 is 4.74 Å². The summed E-state index contributed by atoms with van der Waals surface area (Å²) in [6.07, 6.45) is 2.20. The second-order valence-corrected chi connectivity index (χ2v) is 4.16. The topological polar surface area (TPSA) is 26.3 Å². The van der Waals surface area contributed by atoms with Crippen LogP contribution in [0.2, 0.25) is 0 Å². The molecule has 0 saturated heterocycles. The highest BCUT2D eigenvalue weighted by Gasteiger charge is 2.15. The van der Waals surface area contributed by atoms with E-state index in [1.807, 2.05) is 18.2 Å². The quantitative estimate of drug-likeness (QED) is 0.769. The van der Waals surface area contributed by atoms with Crippen molar-refractivity contribution in [1.29, 1.82) is 0 Å². The molecule has 0 spiro atoms. The Labute approximate surface area is 90.7 Å². The molecule has 2 nitrogen and oxygen atoms in total. The zero-order chi connectivity index (χ0) is 10.1. The normalized spacial score (nSPS) is 14.0. The Bertz CT molecular complexity index is 421. The number of allylic oxidation sites excluding steroid dienone is 1. The minimum Gasteiger partial charge on any atom is -0.464 e. The van der Waals surface area contributed by atoms with Gasteiger partial charge in [-0.3, -0.25) is 4.79 Å². The Kier molecular flexibility index (Phi) is 2.42. The van der Waals surface area contributed by atoms with Crippen molar-refractivity contribution < 1.29 is 9.53 Å². The number of hydrogen-bond donors (Lipinski definition) is 0. The van der Waals surface area contributed by atoms with Crippen molar-refractivity contribution in [3.63, 3.8) is 0 Å². The molecule has 14 heavy (non-hydrogen) atoms. The third-order valence-electron chi connectivity index (χ3n) is 2.18. The van der Waals surface area contributed by atoms with Crippen LogP contribution in [-0.4, -0.2) is 5.78 Å². The van der Waals surface area contributed by atoms with Crippen molar-refractivity contribution in [2.24, 2.45) is 0 Å². The fraction of sp³-hybridized carbons (Fsp3) is 0.182. The summed E-state index contributed by atoms with van der Waals surface area (Å²) in [5, 5.41) is 0. The first kappa shape index (κ1) is 9.46. The van der Waals surface area contributed by atoms with Crippen LogP contribution in [0.3, 0.4) is 0 Å². The van der Waals surface area contributed by atoms with Gasteiger partial charge >= 0.3 is 0 Å². The molecule has 1 aromatic carbocycles. The van der Waals surface area contributed by atoms with Gasteiger partial charge in [0.1, 0.15) is 5.75 Å². The Hall–Kier alpha value is -1.09. The van der Waals surface area contributed by atoms with Crippen molar-refractivity contribution in [2.75, 3.05) is 0 Å². The summed E-state index contributed by atoms with van der Waals surface area (Å²) in [5.41, 5.74) is 1.77. The van der Waals surface area contributed by atoms with Gasteiger partial charge < -0.3 is 4.74 Å². The van der Waals surface area contributed by atoms with Crippen molar-refractivity contribution in [3.05, 3.63) is 40.1 Å². The van der Waals surface area contributed by atoms with Gasteiger partial charge in [-0.2, -0.15) is 0 Å². The SMILES string of the molecule is CC(=O)C1=COc2ccc(Br)cc2C1. The molecule has 2 rings (SSSR count). The summed E-state index contributed by atoms with van der Waals surface area (Å²) in [6, 6.07) is 5.80. The van der Waals surface area contributed by atoms with Crippen molar-refractivity contribution in [1.82, 2.24) is 0 Å². The number of benzene rings is 1. The van der Waals surface area contributed by atoms with Gasteiger partial charge in [0.15, 0.2) is 5.78 Å². The Morgan fingerprint density at radius 3 is 3.00 bits per heavy atom. The maximum atomic E-state index is 11.1. The molecule has 1 heterocycles. The lowest BCUT2D eigenvalue weighted by molar-refractivity contribution is -0.113. The third-order valence-corrected chi connectivity index (χ3v) is 2.68. The van der Waals surface area contributed by atoms with E-state index in [0.717, 1.165) is 21.4 Å². The lowest BCUT2D eigenvalue weighted by Gasteiger charge is -2.15. The van der Waals surface area contributed by atoms with E-state index in [9.17, 15) is 4.79 Å². The average Bonchev–Trinajstić information content (AvgIpc) is 2.16. The predicted molar refractivity (Wildman–Crippen MR) is 57.2 cm³/mol. The average molecular weight is 253 g/mol. The molecule has 0 N–H and O–H groups in total. The van der Waals surface area contributed by atoms with Crippen LogP contribution in [0, 0.1) is 0 Å². The fourth-order valence-electron chi connectivity index (χ4n) is 1.39. The number of ether oxygens (including phenoxy) is 1. The predicted octanol–water partition coefficient (Wildman–Crippen LogP) is 2.86. The second kappa shape index (κ2) is 3.58. The van der Waals surface area contributed by atoms with E-state index in [-0.39, 0.29) is 5.78 Å². The molecule has 0 amide bonds. The highest BCUT2D eigenvalue weighted by Crippen LogP contribution is 2.29. The van der Waals surface area contributed by atoms with E-state index >= 15 is 0 Å². The van der Waals surface area contributed by atoms with Gasteiger partial charge in [0.25, 0.3) is 0 Å². The molecule has 3 heteroatoms. The van der Waals surface area contributed by atoms with Crippen molar-refractivity contribution in [2.45, 2.75) is 13.3 Å². The molecule has 0 unspecified atom stereocenters. The summed E-state index contributed by atoms with van der Waals surface area (Å²) in [7, 11) is 0. The van der Waals surface area contributed by atoms with Gasteiger partial charge in [-0.05, 0) is 25.1 Å². The van der Waals surface area contributed by atoms with Crippen LogP contribution in [0.15, 0.2) is 34.5 Å². The van der Waals surface area contributed by atoms with Gasteiger partial charge in [0.05, 0.1) is 6.26 Å². The minimum atomic E-state index is 0.0654. The van der Waals surface area contributed by atoms with Crippen LogP contribution in [0.1, 0.15) is 12.5 Å². The van der Waals surface area contributed by atoms with Gasteiger partial charge in [-0.15, -0.1) is 0 Å². The van der Waals surface area contributed by atoms with Crippen molar-refractivity contribution in [3.8, 4) is 5.75 Å². The minimum absolute atomic E-state index is 0.0654. The molecule has 0 aliphatic carbocycles. The number of ketones is 1. The van der Waals surface area contributed by atoms with E-state index in [2.05, 4.69) is 15.9 Å². The standard InChI is InChI=1S/C11H9BrO2/c1-7(13)9-4-8-5-10(12)2-3-11(8)14-6-9/h2-3,5-6H,4H2,1H3. The summed E-state index contributed by atoms with van der Waals surface area (Å²) in [4.78, 5) is 11.1. The lowest BCUT2D eigenvalue weighted by atomic mass is 10.0. The lowest BCUT2D eigenvalue weighted by Crippen LogP contribution is -2.08. The molecule has 1 aliphatic heterocycles. The molecular formula is C11H9BrO2. The molecule has 0 bridgehead atoms. The first-order valence-corrected chi connectivity index (χ1v) is 5.11.